The van der Waals surface area contributed by atoms with Gasteiger partial charge < -0.3 is 33.0 Å². The lowest BCUT2D eigenvalue weighted by atomic mass is 9.89. The predicted octanol–water partition coefficient (Wildman–Crippen LogP) is 7.53. The number of rotatable bonds is 25. The van der Waals surface area contributed by atoms with E-state index in [1.165, 1.54) is 11.3 Å². The van der Waals surface area contributed by atoms with Crippen LogP contribution in [0.25, 0.3) is 0 Å². The van der Waals surface area contributed by atoms with Gasteiger partial charge in [0, 0.05) is 45.9 Å². The van der Waals surface area contributed by atoms with Crippen LogP contribution in [0.4, 0.5) is 0 Å². The van der Waals surface area contributed by atoms with Gasteiger partial charge in [-0.1, -0.05) is 97.4 Å². The molecule has 9 atom stereocenters. The Morgan fingerprint density at radius 3 is 2.16 bits per heavy atom. The number of aromatic nitrogens is 1. The summed E-state index contributed by atoms with van der Waals surface area (Å²) in [6.07, 6.45) is 4.14. The predicted molar refractivity (Wildman–Crippen MR) is 262 cm³/mol. The highest BCUT2D eigenvalue weighted by Crippen LogP contribution is 2.31. The fourth-order valence-corrected chi connectivity index (χ4v) is 10.2. The van der Waals surface area contributed by atoms with Gasteiger partial charge in [0.1, 0.15) is 16.8 Å². The second-order valence-electron chi connectivity index (χ2n) is 18.1. The molecule has 1 saturated heterocycles. The summed E-state index contributed by atoms with van der Waals surface area (Å²) in [5.74, 6) is -0.747. The van der Waals surface area contributed by atoms with E-state index < -0.39 is 36.3 Å². The second kappa shape index (κ2) is 25.9. The Morgan fingerprint density at radius 2 is 1.59 bits per heavy atom. The summed E-state index contributed by atoms with van der Waals surface area (Å²) in [5, 5.41) is 9.13. The van der Waals surface area contributed by atoms with Crippen molar-refractivity contribution < 1.29 is 31.7 Å². The number of hydrogen-bond donors (Lipinski definition) is 2. The third-order valence-electron chi connectivity index (χ3n) is 13.0. The molecular formula is C49H73IN6O7S. The van der Waals surface area contributed by atoms with E-state index in [1.54, 1.807) is 32.4 Å². The average molecular weight is 1020 g/mol. The standard InChI is InChI=1S/C49H73IN6O7S/c1-12-33(6)44(55(9)49(60)42(31(2)3)53-47(59)43(32(4)5)54(8)27-24-35-20-22-37(63-50)23-21-35)40(61-10)30-41(57)56-26-16-19-39(56)45(62-11)34(7)46(58)52-38(48-51-25-28-64-48)29-36-17-14-13-15-18-36/h13-15,17-18,20-23,25,28,31-34,38-40,42-45H,12,16,19,24,26-27,29-30H2,1-11H3,(H,52,58)(H,53,59)/t33-,34+,38-,39-,40+,42-,43-,44-,45+/m0/s1. The van der Waals surface area contributed by atoms with Crippen LogP contribution >= 0.6 is 34.3 Å². The molecular weight excluding hydrogens is 944 g/mol. The smallest absolute Gasteiger partial charge is 0.245 e. The molecule has 0 radical (unpaired) electrons. The Labute approximate surface area is 400 Å². The number of nitrogens with zero attached hydrogens (tertiary/aromatic N) is 4. The van der Waals surface area contributed by atoms with Crippen LogP contribution in [0.3, 0.4) is 0 Å². The van der Waals surface area contributed by atoms with Crippen LogP contribution in [0, 0.1) is 23.7 Å². The first-order valence-electron chi connectivity index (χ1n) is 22.8. The lowest BCUT2D eigenvalue weighted by molar-refractivity contribution is -0.148. The highest BCUT2D eigenvalue weighted by molar-refractivity contribution is 14.1. The molecule has 0 aliphatic carbocycles. The molecule has 1 aliphatic rings. The Morgan fingerprint density at radius 1 is 0.906 bits per heavy atom. The molecule has 1 aliphatic heterocycles. The number of benzene rings is 2. The van der Waals surface area contributed by atoms with Crippen LogP contribution in [-0.4, -0.2) is 121 Å². The van der Waals surface area contributed by atoms with Gasteiger partial charge in [-0.25, -0.2) is 4.98 Å². The molecule has 0 spiro atoms. The maximum absolute atomic E-state index is 14.6. The Hall–Kier alpha value is -3.64. The largest absolute Gasteiger partial charge is 0.428 e. The fraction of sp³-hybridized carbons (Fsp3) is 0.612. The lowest BCUT2D eigenvalue weighted by Gasteiger charge is -2.41. The van der Waals surface area contributed by atoms with E-state index in [0.717, 1.165) is 41.1 Å². The number of ether oxygens (including phenoxy) is 2. The fourth-order valence-electron chi connectivity index (χ4n) is 9.20. The highest BCUT2D eigenvalue weighted by atomic mass is 127. The van der Waals surface area contributed by atoms with Gasteiger partial charge in [0.2, 0.25) is 23.6 Å². The van der Waals surface area contributed by atoms with E-state index in [4.69, 9.17) is 12.5 Å². The molecule has 15 heteroatoms. The maximum atomic E-state index is 14.6. The van der Waals surface area contributed by atoms with E-state index in [9.17, 15) is 19.2 Å². The molecule has 64 heavy (non-hydrogen) atoms. The number of likely N-dealkylation sites (N-methyl/N-ethyl adjacent to an activating group) is 2. The SMILES string of the molecule is CC[C@H](C)[C@@H]([C@@H](CC(=O)N1CCC[C@H]1[C@H](OC)[C@@H](C)C(=O)N[C@@H](Cc1ccccc1)c1nccs1)OC)N(C)C(=O)[C@@H](NC(=O)[C@H](C(C)C)N(C)CCc1ccc(OI)cc1)C(C)C. The van der Waals surface area contributed by atoms with Crippen molar-refractivity contribution in [3.05, 3.63) is 82.3 Å². The summed E-state index contributed by atoms with van der Waals surface area (Å²) in [4.78, 5) is 67.3. The number of nitrogens with one attached hydrogen (secondary N) is 2. The molecule has 1 aromatic heterocycles. The Balaban J connectivity index is 1.46. The molecule has 3 aromatic rings. The van der Waals surface area contributed by atoms with E-state index in [2.05, 4.69) is 34.4 Å². The van der Waals surface area contributed by atoms with E-state index in [0.29, 0.717) is 25.9 Å². The lowest BCUT2D eigenvalue weighted by Crippen LogP contribution is -2.60. The van der Waals surface area contributed by atoms with Gasteiger partial charge >= 0.3 is 0 Å². The number of likely N-dealkylation sites (tertiary alicyclic amines) is 1. The normalized spacial score (nSPS) is 17.9. The first-order chi connectivity index (χ1) is 30.6. The van der Waals surface area contributed by atoms with Crippen molar-refractivity contribution in [2.45, 2.75) is 129 Å². The van der Waals surface area contributed by atoms with Crippen LogP contribution in [-0.2, 0) is 41.5 Å². The molecule has 0 saturated carbocycles. The number of carbonyl (C=O) groups excluding carboxylic acids is 4. The third kappa shape index (κ3) is 14.2. The molecule has 1 fully saturated rings. The highest BCUT2D eigenvalue weighted by Gasteiger charge is 2.43. The molecule has 2 aromatic carbocycles. The van der Waals surface area contributed by atoms with Gasteiger partial charge in [-0.15, -0.1) is 11.3 Å². The monoisotopic (exact) mass is 1020 g/mol. The van der Waals surface area contributed by atoms with Crippen molar-refractivity contribution in [2.75, 3.05) is 41.4 Å². The second-order valence-corrected chi connectivity index (χ2v) is 19.4. The quantitative estimate of drug-likeness (QED) is 0.0825. The number of amides is 4. The summed E-state index contributed by atoms with van der Waals surface area (Å²) in [6.45, 7) is 15.1. The summed E-state index contributed by atoms with van der Waals surface area (Å²) in [5.41, 5.74) is 2.23. The van der Waals surface area contributed by atoms with Crippen LogP contribution in [0.2, 0.25) is 0 Å². The minimum atomic E-state index is -0.798. The Bertz CT molecular complexity index is 1890. The molecule has 2 heterocycles. The van der Waals surface area contributed by atoms with Gasteiger partial charge in [0.15, 0.2) is 23.0 Å². The van der Waals surface area contributed by atoms with Crippen LogP contribution < -0.4 is 13.7 Å². The van der Waals surface area contributed by atoms with E-state index in [-0.39, 0.29) is 59.9 Å². The van der Waals surface area contributed by atoms with Crippen molar-refractivity contribution in [2.24, 2.45) is 23.7 Å². The zero-order chi connectivity index (χ0) is 47.1. The number of thiazole rings is 1. The topological polar surface area (TPSA) is 143 Å². The van der Waals surface area contributed by atoms with Crippen molar-refractivity contribution in [3.63, 3.8) is 0 Å². The molecule has 4 amide bonds. The van der Waals surface area contributed by atoms with Crippen LogP contribution in [0.15, 0.2) is 66.2 Å². The molecule has 0 bridgehead atoms. The van der Waals surface area contributed by atoms with Crippen LogP contribution in [0.5, 0.6) is 5.75 Å². The molecule has 4 rings (SSSR count). The Kier molecular flexibility index (Phi) is 21.4. The zero-order valence-electron chi connectivity index (χ0n) is 39.8. The van der Waals surface area contributed by atoms with Crippen molar-refractivity contribution in [3.8, 4) is 5.75 Å². The van der Waals surface area contributed by atoms with E-state index in [1.807, 2.05) is 130 Å². The maximum Gasteiger partial charge on any atom is 0.245 e. The van der Waals surface area contributed by atoms with Gasteiger partial charge in [0.25, 0.3) is 0 Å². The first kappa shape index (κ1) is 53.0. The zero-order valence-corrected chi connectivity index (χ0v) is 42.8. The molecule has 13 nitrogen and oxygen atoms in total. The summed E-state index contributed by atoms with van der Waals surface area (Å²) in [7, 11) is 6.89. The van der Waals surface area contributed by atoms with Gasteiger partial charge in [-0.2, -0.15) is 0 Å². The molecule has 2 N–H and O–H groups in total. The minimum absolute atomic E-state index is 0.0123. The molecule has 0 unspecified atom stereocenters. The van der Waals surface area contributed by atoms with Gasteiger partial charge in [-0.05, 0) is 73.7 Å². The number of methoxy groups -OCH3 is 2. The first-order valence-corrected chi connectivity index (χ1v) is 24.6. The van der Waals surface area contributed by atoms with Crippen molar-refractivity contribution >= 4 is 58.0 Å². The number of hydrogen-bond acceptors (Lipinski definition) is 10. The van der Waals surface area contributed by atoms with Gasteiger partial charge in [0.05, 0.1) is 48.7 Å². The van der Waals surface area contributed by atoms with Crippen molar-refractivity contribution in [1.29, 1.82) is 0 Å². The molecule has 354 valence electrons. The van der Waals surface area contributed by atoms with Crippen molar-refractivity contribution in [1.82, 2.24) is 30.3 Å². The third-order valence-corrected chi connectivity index (χ3v) is 14.4. The van der Waals surface area contributed by atoms with E-state index >= 15 is 0 Å². The van der Waals surface area contributed by atoms with Crippen LogP contribution in [0.1, 0.15) is 96.3 Å². The number of halogens is 1. The minimum Gasteiger partial charge on any atom is -0.428 e. The summed E-state index contributed by atoms with van der Waals surface area (Å²) in [6, 6.07) is 15.6. The summed E-state index contributed by atoms with van der Waals surface area (Å²) < 4.78 is 17.5. The summed E-state index contributed by atoms with van der Waals surface area (Å²) >= 11 is 3.37. The van der Waals surface area contributed by atoms with Gasteiger partial charge in [-0.3, -0.25) is 24.1 Å². The average Bonchev–Trinajstić information content (AvgIpc) is 4.01. The number of carbonyl (C=O) groups is 4.